The van der Waals surface area contributed by atoms with Gasteiger partial charge in [-0.2, -0.15) is 0 Å². The number of rotatable bonds is 3. The number of benzene rings is 2. The first-order chi connectivity index (χ1) is 9.85. The molecule has 2 N–H and O–H groups in total. The Morgan fingerprint density at radius 3 is 2.38 bits per heavy atom. The SMILES string of the molecule is CC(C)(C)CC(=O)Oc1ccc(N)cc1-c1ccccc1. The topological polar surface area (TPSA) is 52.3 Å². The zero-order chi connectivity index (χ0) is 15.5. The molecule has 0 aliphatic carbocycles. The average Bonchev–Trinajstić information content (AvgIpc) is 2.40. The maximum absolute atomic E-state index is 12.0. The number of nitrogen functional groups attached to an aromatic ring is 1. The van der Waals surface area contributed by atoms with E-state index in [2.05, 4.69) is 0 Å². The molecule has 0 aliphatic rings. The maximum atomic E-state index is 12.0. The quantitative estimate of drug-likeness (QED) is 0.519. The van der Waals surface area contributed by atoms with Gasteiger partial charge in [0.15, 0.2) is 0 Å². The van der Waals surface area contributed by atoms with Gasteiger partial charge < -0.3 is 10.5 Å². The lowest BCUT2D eigenvalue weighted by molar-refractivity contribution is -0.136. The lowest BCUT2D eigenvalue weighted by atomic mass is 9.92. The van der Waals surface area contributed by atoms with E-state index >= 15 is 0 Å². The van der Waals surface area contributed by atoms with Crippen LogP contribution in [0.15, 0.2) is 48.5 Å². The summed E-state index contributed by atoms with van der Waals surface area (Å²) in [5.74, 6) is 0.314. The third kappa shape index (κ3) is 4.35. The van der Waals surface area contributed by atoms with E-state index in [-0.39, 0.29) is 11.4 Å². The summed E-state index contributed by atoms with van der Waals surface area (Å²) in [6, 6.07) is 15.1. The van der Waals surface area contributed by atoms with Crippen molar-refractivity contribution in [1.29, 1.82) is 0 Å². The fourth-order valence-corrected chi connectivity index (χ4v) is 2.07. The van der Waals surface area contributed by atoms with Crippen molar-refractivity contribution in [3.63, 3.8) is 0 Å². The Hall–Kier alpha value is -2.29. The molecule has 0 aromatic heterocycles. The first-order valence-corrected chi connectivity index (χ1v) is 7.01. The van der Waals surface area contributed by atoms with Crippen molar-refractivity contribution in [2.45, 2.75) is 27.2 Å². The Kier molecular flexibility index (Phi) is 4.32. The summed E-state index contributed by atoms with van der Waals surface area (Å²) in [6.07, 6.45) is 0.367. The number of esters is 1. The van der Waals surface area contributed by atoms with Crippen molar-refractivity contribution < 1.29 is 9.53 Å². The van der Waals surface area contributed by atoms with Gasteiger partial charge in [0.25, 0.3) is 0 Å². The number of carbonyl (C=O) groups is 1. The molecule has 0 unspecified atom stereocenters. The Bertz CT molecular complexity index is 627. The third-order valence-corrected chi connectivity index (χ3v) is 2.99. The van der Waals surface area contributed by atoms with Crippen LogP contribution < -0.4 is 10.5 Å². The molecule has 21 heavy (non-hydrogen) atoms. The highest BCUT2D eigenvalue weighted by Gasteiger charge is 2.19. The van der Waals surface area contributed by atoms with Crippen LogP contribution in [0.3, 0.4) is 0 Å². The largest absolute Gasteiger partial charge is 0.426 e. The minimum Gasteiger partial charge on any atom is -0.426 e. The lowest BCUT2D eigenvalue weighted by Gasteiger charge is -2.17. The van der Waals surface area contributed by atoms with Crippen LogP contribution in [0, 0.1) is 5.41 Å². The predicted octanol–water partition coefficient (Wildman–Crippen LogP) is 4.28. The molecule has 0 radical (unpaired) electrons. The van der Waals surface area contributed by atoms with Gasteiger partial charge in [-0.3, -0.25) is 4.79 Å². The zero-order valence-electron chi connectivity index (χ0n) is 12.7. The fourth-order valence-electron chi connectivity index (χ4n) is 2.07. The molecule has 0 fully saturated rings. The van der Waals surface area contributed by atoms with Gasteiger partial charge in [0.05, 0.1) is 6.42 Å². The smallest absolute Gasteiger partial charge is 0.311 e. The minimum atomic E-state index is -0.232. The van der Waals surface area contributed by atoms with Crippen molar-refractivity contribution in [2.24, 2.45) is 5.41 Å². The molecule has 3 heteroatoms. The van der Waals surface area contributed by atoms with Crippen molar-refractivity contribution in [3.8, 4) is 16.9 Å². The molecule has 0 heterocycles. The van der Waals surface area contributed by atoms with Gasteiger partial charge in [0.1, 0.15) is 5.75 Å². The number of anilines is 1. The molecule has 110 valence electrons. The van der Waals surface area contributed by atoms with Gasteiger partial charge in [0.2, 0.25) is 0 Å². The number of carbonyl (C=O) groups excluding carboxylic acids is 1. The Morgan fingerprint density at radius 1 is 1.10 bits per heavy atom. The van der Waals surface area contributed by atoms with Crippen molar-refractivity contribution in [3.05, 3.63) is 48.5 Å². The summed E-state index contributed by atoms with van der Waals surface area (Å²) in [5, 5.41) is 0. The summed E-state index contributed by atoms with van der Waals surface area (Å²) in [4.78, 5) is 12.0. The van der Waals surface area contributed by atoms with Crippen LogP contribution in [-0.2, 0) is 4.79 Å². The Labute approximate surface area is 125 Å². The second-order valence-electron chi connectivity index (χ2n) is 6.33. The molecule has 0 bridgehead atoms. The lowest BCUT2D eigenvalue weighted by Crippen LogP contribution is -2.17. The van der Waals surface area contributed by atoms with Gasteiger partial charge >= 0.3 is 5.97 Å². The van der Waals surface area contributed by atoms with Crippen LogP contribution in [-0.4, -0.2) is 5.97 Å². The average molecular weight is 283 g/mol. The van der Waals surface area contributed by atoms with E-state index in [1.54, 1.807) is 12.1 Å². The molecule has 0 spiro atoms. The molecule has 0 amide bonds. The molecule has 3 nitrogen and oxygen atoms in total. The summed E-state index contributed by atoms with van der Waals surface area (Å²) in [6.45, 7) is 6.03. The number of hydrogen-bond donors (Lipinski definition) is 1. The van der Waals surface area contributed by atoms with Crippen LogP contribution in [0.5, 0.6) is 5.75 Å². The van der Waals surface area contributed by atoms with Gasteiger partial charge in [-0.25, -0.2) is 0 Å². The van der Waals surface area contributed by atoms with Gasteiger partial charge in [-0.05, 0) is 29.2 Å². The van der Waals surface area contributed by atoms with Crippen molar-refractivity contribution >= 4 is 11.7 Å². The predicted molar refractivity (Wildman–Crippen MR) is 86.0 cm³/mol. The van der Waals surface area contributed by atoms with Crippen LogP contribution >= 0.6 is 0 Å². The summed E-state index contributed by atoms with van der Waals surface area (Å²) in [7, 11) is 0. The van der Waals surface area contributed by atoms with E-state index in [0.29, 0.717) is 17.9 Å². The second kappa shape index (κ2) is 6.00. The number of nitrogens with two attached hydrogens (primary N) is 1. The van der Waals surface area contributed by atoms with E-state index in [4.69, 9.17) is 10.5 Å². The second-order valence-corrected chi connectivity index (χ2v) is 6.33. The minimum absolute atomic E-state index is 0.0994. The molecule has 2 rings (SSSR count). The normalized spacial score (nSPS) is 11.2. The molecule has 0 aliphatic heterocycles. The number of ether oxygens (including phenoxy) is 1. The highest BCUT2D eigenvalue weighted by molar-refractivity contribution is 5.79. The van der Waals surface area contributed by atoms with Crippen LogP contribution in [0.4, 0.5) is 5.69 Å². The van der Waals surface area contributed by atoms with Crippen molar-refractivity contribution in [2.75, 3.05) is 5.73 Å². The highest BCUT2D eigenvalue weighted by atomic mass is 16.5. The molecular formula is C18H21NO2. The van der Waals surface area contributed by atoms with E-state index in [9.17, 15) is 4.79 Å². The molecular weight excluding hydrogens is 262 g/mol. The number of hydrogen-bond acceptors (Lipinski definition) is 3. The van der Waals surface area contributed by atoms with Crippen LogP contribution in [0.1, 0.15) is 27.2 Å². The first kappa shape index (κ1) is 15.1. The van der Waals surface area contributed by atoms with Crippen molar-refractivity contribution in [1.82, 2.24) is 0 Å². The Balaban J connectivity index is 2.30. The first-order valence-electron chi connectivity index (χ1n) is 7.01. The van der Waals surface area contributed by atoms with Gasteiger partial charge in [-0.15, -0.1) is 0 Å². The fraction of sp³-hybridized carbons (Fsp3) is 0.278. The van der Waals surface area contributed by atoms with Crippen LogP contribution in [0.2, 0.25) is 0 Å². The highest BCUT2D eigenvalue weighted by Crippen LogP contribution is 2.32. The molecule has 2 aromatic rings. The van der Waals surface area contributed by atoms with Gasteiger partial charge in [-0.1, -0.05) is 51.1 Å². The standard InChI is InChI=1S/C18H21NO2/c1-18(2,3)12-17(20)21-16-10-9-14(19)11-15(16)13-7-5-4-6-8-13/h4-11H,12,19H2,1-3H3. The van der Waals surface area contributed by atoms with E-state index in [0.717, 1.165) is 11.1 Å². The molecule has 2 aromatic carbocycles. The Morgan fingerprint density at radius 2 is 1.76 bits per heavy atom. The zero-order valence-corrected chi connectivity index (χ0v) is 12.7. The summed E-state index contributed by atoms with van der Waals surface area (Å²) < 4.78 is 5.54. The molecule has 0 atom stereocenters. The monoisotopic (exact) mass is 283 g/mol. The van der Waals surface area contributed by atoms with Crippen LogP contribution in [0.25, 0.3) is 11.1 Å². The summed E-state index contributed by atoms with van der Waals surface area (Å²) >= 11 is 0. The van der Waals surface area contributed by atoms with E-state index < -0.39 is 0 Å². The third-order valence-electron chi connectivity index (χ3n) is 2.99. The van der Waals surface area contributed by atoms with E-state index in [1.807, 2.05) is 57.2 Å². The van der Waals surface area contributed by atoms with E-state index in [1.165, 1.54) is 0 Å². The molecule has 0 saturated carbocycles. The molecule has 0 saturated heterocycles. The maximum Gasteiger partial charge on any atom is 0.311 e. The van der Waals surface area contributed by atoms with Gasteiger partial charge in [0, 0.05) is 11.3 Å². The summed E-state index contributed by atoms with van der Waals surface area (Å²) in [5.41, 5.74) is 8.21.